The Morgan fingerprint density at radius 2 is 2.57 bits per heavy atom. The Balaban J connectivity index is 3.82. The second-order valence-corrected chi connectivity index (χ2v) is 0.766. The van der Waals surface area contributed by atoms with Crippen LogP contribution in [0.2, 0.25) is 0 Å². The molecule has 36 valence electrons. The first kappa shape index (κ1) is 5.79. The van der Waals surface area contributed by atoms with Crippen LogP contribution in [0.5, 0.6) is 0 Å². The number of nitrogens with one attached hydrogen (secondary N) is 1. The van der Waals surface area contributed by atoms with Crippen LogP contribution in [0.1, 0.15) is 0 Å². The van der Waals surface area contributed by atoms with E-state index >= 15 is 0 Å². The lowest BCUT2D eigenvalue weighted by Crippen LogP contribution is -1.80. The van der Waals surface area contributed by atoms with Gasteiger partial charge in [-0.3, -0.25) is 4.79 Å². The van der Waals surface area contributed by atoms with Crippen LogP contribution in [-0.4, -0.2) is 11.9 Å². The molecule has 3 heteroatoms. The average Bonchev–Trinajstić information content (AvgIpc) is 1.68. The van der Waals surface area contributed by atoms with E-state index in [2.05, 4.69) is 11.6 Å². The van der Waals surface area contributed by atoms with E-state index in [1.54, 1.807) is 6.01 Å². The fourth-order valence-electron chi connectivity index (χ4n) is 0.101. The van der Waals surface area contributed by atoms with E-state index in [1.165, 1.54) is 0 Å². The third-order valence-electron chi connectivity index (χ3n) is 0.341. The van der Waals surface area contributed by atoms with Crippen molar-refractivity contribution in [2.75, 3.05) is 0 Å². The minimum absolute atomic E-state index is 0.532. The summed E-state index contributed by atoms with van der Waals surface area (Å²) in [5, 5.41) is 6.15. The smallest absolute Gasteiger partial charge is 0.267 e. The molecule has 0 aliphatic heterocycles. The third-order valence-corrected chi connectivity index (χ3v) is 0.341. The van der Waals surface area contributed by atoms with Crippen molar-refractivity contribution in [1.82, 2.24) is 0 Å². The van der Waals surface area contributed by atoms with Gasteiger partial charge in [-0.15, -0.1) is 4.99 Å². The van der Waals surface area contributed by atoms with Gasteiger partial charge in [0, 0.05) is 0 Å². The topological polar surface area (TPSA) is 53.3 Å². The molecule has 7 heavy (non-hydrogen) atoms. The number of carbonyl (C=O) groups is 1. The summed E-state index contributed by atoms with van der Waals surface area (Å²) in [5.41, 5.74) is 0. The monoisotopic (exact) mass is 96.0 g/mol. The molecule has 0 aromatic heterocycles. The van der Waals surface area contributed by atoms with Crippen LogP contribution >= 0.6 is 0 Å². The fraction of sp³-hybridized carbons (Fsp3) is 0. The Morgan fingerprint density at radius 3 is 2.71 bits per heavy atom. The summed E-state index contributed by atoms with van der Waals surface area (Å²) in [5.74, 6) is -0.532. The van der Waals surface area contributed by atoms with Crippen molar-refractivity contribution in [2.45, 2.75) is 0 Å². The quantitative estimate of drug-likeness (QED) is 0.374. The summed E-state index contributed by atoms with van der Waals surface area (Å²) in [6.45, 7) is 3.11. The van der Waals surface area contributed by atoms with Crippen molar-refractivity contribution in [2.24, 2.45) is 4.99 Å². The van der Waals surface area contributed by atoms with Crippen LogP contribution in [0, 0.1) is 5.41 Å². The van der Waals surface area contributed by atoms with Gasteiger partial charge in [-0.1, -0.05) is 6.58 Å². The van der Waals surface area contributed by atoms with E-state index in [-0.39, 0.29) is 0 Å². The maximum absolute atomic E-state index is 9.94. The molecule has 0 aliphatic rings. The van der Waals surface area contributed by atoms with Gasteiger partial charge < -0.3 is 0 Å². The summed E-state index contributed by atoms with van der Waals surface area (Å²) in [6, 6.07) is 1.57. The first-order valence-corrected chi connectivity index (χ1v) is 1.60. The summed E-state index contributed by atoms with van der Waals surface area (Å²) in [4.78, 5) is 12.8. The highest BCUT2D eigenvalue weighted by Gasteiger charge is 1.80. The standard InChI is InChI=1S/C4H4N2O/c1-2-4(7)6-3-5/h2,5H,1H2. The van der Waals surface area contributed by atoms with Crippen LogP contribution in [0.3, 0.4) is 0 Å². The average molecular weight is 96.1 g/mol. The lowest BCUT2D eigenvalue weighted by atomic mass is 10.6. The number of carbonyl (C=O) groups excluding carboxylic acids is 1. The number of nitrogens with zero attached hydrogens (tertiary/aromatic N) is 1. The van der Waals surface area contributed by atoms with Gasteiger partial charge in [-0.2, -0.15) is 0 Å². The molecule has 0 fully saturated rings. The molecule has 1 amide bonds. The number of hydrogen-bond donors (Lipinski definition) is 1. The molecular formula is C4H4N2O. The molecule has 0 aromatic rings. The van der Waals surface area contributed by atoms with Crippen molar-refractivity contribution in [3.8, 4) is 0 Å². The van der Waals surface area contributed by atoms with E-state index in [0.717, 1.165) is 6.08 Å². The van der Waals surface area contributed by atoms with Crippen LogP contribution < -0.4 is 0 Å². The first-order chi connectivity index (χ1) is 3.31. The summed E-state index contributed by atoms with van der Waals surface area (Å²) in [7, 11) is 0. The van der Waals surface area contributed by atoms with Gasteiger partial charge in [0.25, 0.3) is 5.91 Å². The van der Waals surface area contributed by atoms with E-state index in [1.807, 2.05) is 0 Å². The molecule has 0 radical (unpaired) electrons. The van der Waals surface area contributed by atoms with Gasteiger partial charge in [0.15, 0.2) is 0 Å². The Labute approximate surface area is 40.9 Å². The first-order valence-electron chi connectivity index (χ1n) is 1.60. The van der Waals surface area contributed by atoms with Gasteiger partial charge in [0.05, 0.1) is 6.01 Å². The van der Waals surface area contributed by atoms with Gasteiger partial charge in [0.2, 0.25) is 0 Å². The Morgan fingerprint density at radius 1 is 2.00 bits per heavy atom. The molecule has 0 saturated carbocycles. The fourth-order valence-corrected chi connectivity index (χ4v) is 0.101. The summed E-state index contributed by atoms with van der Waals surface area (Å²) < 4.78 is 0. The van der Waals surface area contributed by atoms with Crippen molar-refractivity contribution < 1.29 is 4.79 Å². The highest BCUT2D eigenvalue weighted by Crippen LogP contribution is 1.68. The molecule has 0 heterocycles. The van der Waals surface area contributed by atoms with E-state index in [4.69, 9.17) is 5.41 Å². The predicted molar refractivity (Wildman–Crippen MR) is 25.4 cm³/mol. The maximum Gasteiger partial charge on any atom is 0.278 e. The molecule has 0 bridgehead atoms. The SMILES string of the molecule is C=CC(=O)N=C=N. The van der Waals surface area contributed by atoms with E-state index in [9.17, 15) is 4.79 Å². The minimum Gasteiger partial charge on any atom is -0.267 e. The second kappa shape index (κ2) is 3.00. The molecule has 0 aromatic carbocycles. The van der Waals surface area contributed by atoms with E-state index in [0.29, 0.717) is 0 Å². The highest BCUT2D eigenvalue weighted by molar-refractivity contribution is 5.90. The van der Waals surface area contributed by atoms with Gasteiger partial charge in [-0.05, 0) is 6.08 Å². The summed E-state index contributed by atoms with van der Waals surface area (Å²) in [6.07, 6.45) is 1.02. The van der Waals surface area contributed by atoms with Crippen molar-refractivity contribution in [3.63, 3.8) is 0 Å². The minimum atomic E-state index is -0.532. The van der Waals surface area contributed by atoms with Crippen LogP contribution in [0.25, 0.3) is 0 Å². The van der Waals surface area contributed by atoms with Crippen molar-refractivity contribution in [1.29, 1.82) is 5.41 Å². The molecule has 0 atom stereocenters. The van der Waals surface area contributed by atoms with Crippen molar-refractivity contribution >= 4 is 11.9 Å². The molecule has 0 spiro atoms. The molecular weight excluding hydrogens is 92.1 g/mol. The van der Waals surface area contributed by atoms with E-state index < -0.39 is 5.91 Å². The van der Waals surface area contributed by atoms with Crippen LogP contribution in [-0.2, 0) is 4.79 Å². The molecule has 3 nitrogen and oxygen atoms in total. The highest BCUT2D eigenvalue weighted by atomic mass is 16.1. The number of rotatable bonds is 1. The van der Waals surface area contributed by atoms with Gasteiger partial charge >= 0.3 is 0 Å². The predicted octanol–water partition coefficient (Wildman–Crippen LogP) is 0.452. The third kappa shape index (κ3) is 2.60. The van der Waals surface area contributed by atoms with Crippen LogP contribution in [0.15, 0.2) is 17.6 Å². The zero-order valence-corrected chi connectivity index (χ0v) is 3.64. The Hall–Kier alpha value is -1.21. The zero-order chi connectivity index (χ0) is 5.70. The zero-order valence-electron chi connectivity index (χ0n) is 3.64. The molecule has 0 rings (SSSR count). The molecule has 0 unspecified atom stereocenters. The lowest BCUT2D eigenvalue weighted by molar-refractivity contribution is -0.113. The van der Waals surface area contributed by atoms with Crippen molar-refractivity contribution in [3.05, 3.63) is 12.7 Å². The van der Waals surface area contributed by atoms with Crippen LogP contribution in [0.4, 0.5) is 0 Å². The van der Waals surface area contributed by atoms with Gasteiger partial charge in [-0.25, -0.2) is 5.41 Å². The molecule has 0 aliphatic carbocycles. The number of amides is 1. The number of aliphatic imine (C=N–C) groups is 1. The molecule has 1 N–H and O–H groups in total. The normalized spacial score (nSPS) is 6.29. The largest absolute Gasteiger partial charge is 0.278 e. The lowest BCUT2D eigenvalue weighted by Gasteiger charge is -1.67. The molecule has 0 saturated heterocycles. The second-order valence-electron chi connectivity index (χ2n) is 0.766. The van der Waals surface area contributed by atoms with Gasteiger partial charge in [0.1, 0.15) is 0 Å². The maximum atomic E-state index is 9.94. The summed E-state index contributed by atoms with van der Waals surface area (Å²) >= 11 is 0. The Kier molecular flexibility index (Phi) is 2.48. The number of hydrogen-bond acceptors (Lipinski definition) is 2. The Bertz CT molecular complexity index is 133.